The zero-order valence-electron chi connectivity index (χ0n) is 14.7. The smallest absolute Gasteiger partial charge is 0.317 e. The number of likely N-dealkylation sites (tertiary alicyclic amines) is 1. The van der Waals surface area contributed by atoms with E-state index in [0.717, 1.165) is 13.0 Å². The number of rotatable bonds is 5. The van der Waals surface area contributed by atoms with Crippen molar-refractivity contribution in [1.82, 2.24) is 10.2 Å². The van der Waals surface area contributed by atoms with E-state index in [2.05, 4.69) is 19.2 Å². The molecule has 1 aliphatic heterocycles. The van der Waals surface area contributed by atoms with Crippen LogP contribution in [0.15, 0.2) is 0 Å². The lowest BCUT2D eigenvalue weighted by Crippen LogP contribution is -2.48. The maximum Gasteiger partial charge on any atom is 0.317 e. The Labute approximate surface area is 135 Å². The molecule has 0 spiro atoms. The molecule has 0 aromatic carbocycles. The zero-order chi connectivity index (χ0) is 17.0. The van der Waals surface area contributed by atoms with Crippen LogP contribution >= 0.6 is 0 Å². The fourth-order valence-electron chi connectivity index (χ4n) is 2.77. The second kappa shape index (κ2) is 7.66. The average Bonchev–Trinajstić information content (AvgIpc) is 2.55. The summed E-state index contributed by atoms with van der Waals surface area (Å²) in [5.41, 5.74) is -0.223. The Kier molecular flexibility index (Phi) is 6.71. The number of carbonyl (C=O) groups is 1. The van der Waals surface area contributed by atoms with Gasteiger partial charge in [0.15, 0.2) is 0 Å². The van der Waals surface area contributed by atoms with Gasteiger partial charge in [-0.15, -0.1) is 0 Å². The third-order valence-electron chi connectivity index (χ3n) is 4.49. The highest BCUT2D eigenvalue weighted by Crippen LogP contribution is 2.22. The van der Waals surface area contributed by atoms with Crippen LogP contribution in [0.3, 0.4) is 0 Å². The second-order valence-electron chi connectivity index (χ2n) is 7.74. The monoisotopic (exact) mass is 332 g/mol. The van der Waals surface area contributed by atoms with E-state index in [-0.39, 0.29) is 23.2 Å². The molecule has 2 amide bonds. The number of urea groups is 1. The van der Waals surface area contributed by atoms with Crippen LogP contribution < -0.4 is 5.32 Å². The van der Waals surface area contributed by atoms with Crippen LogP contribution in [-0.2, 0) is 9.84 Å². The first kappa shape index (κ1) is 19.3. The van der Waals surface area contributed by atoms with Gasteiger partial charge in [-0.05, 0) is 37.5 Å². The molecule has 6 heteroatoms. The van der Waals surface area contributed by atoms with Crippen LogP contribution in [-0.4, -0.2) is 50.5 Å². The summed E-state index contributed by atoms with van der Waals surface area (Å²) >= 11 is 0. The third kappa shape index (κ3) is 6.99. The zero-order valence-corrected chi connectivity index (χ0v) is 15.5. The van der Waals surface area contributed by atoms with Crippen LogP contribution in [0.1, 0.15) is 53.4 Å². The fourth-order valence-corrected chi connectivity index (χ4v) is 3.70. The highest BCUT2D eigenvalue weighted by Gasteiger charge is 2.27. The second-order valence-corrected chi connectivity index (χ2v) is 10.0. The van der Waals surface area contributed by atoms with Crippen LogP contribution in [0.4, 0.5) is 4.79 Å². The molecule has 1 heterocycles. The van der Waals surface area contributed by atoms with Gasteiger partial charge in [-0.25, -0.2) is 13.2 Å². The summed E-state index contributed by atoms with van der Waals surface area (Å²) in [4.78, 5) is 14.4. The molecule has 130 valence electrons. The summed E-state index contributed by atoms with van der Waals surface area (Å²) in [7, 11) is -2.96. The molecule has 1 saturated heterocycles. The lowest BCUT2D eigenvalue weighted by atomic mass is 9.90. The number of hydrogen-bond donors (Lipinski definition) is 1. The number of carbonyl (C=O) groups excluding carboxylic acids is 1. The van der Waals surface area contributed by atoms with Gasteiger partial charge >= 0.3 is 6.03 Å². The van der Waals surface area contributed by atoms with E-state index < -0.39 is 9.84 Å². The van der Waals surface area contributed by atoms with E-state index in [1.54, 1.807) is 0 Å². The summed E-state index contributed by atoms with van der Waals surface area (Å²) in [6, 6.07) is 0.248. The molecule has 1 aliphatic rings. The summed E-state index contributed by atoms with van der Waals surface area (Å²) in [5, 5.41) is 3.00. The first-order valence-corrected chi connectivity index (χ1v) is 10.3. The van der Waals surface area contributed by atoms with Crippen molar-refractivity contribution in [3.05, 3.63) is 0 Å². The minimum absolute atomic E-state index is 0.0197. The number of sulfone groups is 1. The molecule has 22 heavy (non-hydrogen) atoms. The Morgan fingerprint density at radius 1 is 1.27 bits per heavy atom. The van der Waals surface area contributed by atoms with Gasteiger partial charge in [0.25, 0.3) is 0 Å². The van der Waals surface area contributed by atoms with Crippen LogP contribution in [0.5, 0.6) is 0 Å². The summed E-state index contributed by atoms with van der Waals surface area (Å²) < 4.78 is 22.6. The Hall–Kier alpha value is -0.780. The van der Waals surface area contributed by atoms with Crippen molar-refractivity contribution in [2.45, 2.75) is 59.4 Å². The van der Waals surface area contributed by atoms with Crippen molar-refractivity contribution < 1.29 is 13.2 Å². The standard InChI is InChI=1S/C16H32N2O3S/c1-13-7-6-8-14(2)18(11-13)15(19)17-12-16(3,4)9-10-22(5,20)21/h13-14H,6-12H2,1-5H3,(H,17,19)/t13-,14+/m1/s1. The molecule has 0 radical (unpaired) electrons. The normalized spacial score (nSPS) is 24.0. The number of nitrogens with zero attached hydrogens (tertiary/aromatic N) is 1. The quantitative estimate of drug-likeness (QED) is 0.841. The molecule has 1 N–H and O–H groups in total. The van der Waals surface area contributed by atoms with Gasteiger partial charge < -0.3 is 10.2 Å². The van der Waals surface area contributed by atoms with Gasteiger partial charge in [-0.2, -0.15) is 0 Å². The Morgan fingerprint density at radius 3 is 2.50 bits per heavy atom. The third-order valence-corrected chi connectivity index (χ3v) is 5.43. The molecule has 0 unspecified atom stereocenters. The molecule has 0 aliphatic carbocycles. The van der Waals surface area contributed by atoms with Crippen molar-refractivity contribution in [3.63, 3.8) is 0 Å². The molecule has 0 bridgehead atoms. The SMILES string of the molecule is C[C@@H]1CCC[C@H](C)N(C(=O)NCC(C)(C)CCS(C)(=O)=O)C1. The van der Waals surface area contributed by atoms with Gasteiger partial charge in [-0.1, -0.05) is 27.2 Å². The van der Waals surface area contributed by atoms with Crippen LogP contribution in [0.2, 0.25) is 0 Å². The average molecular weight is 333 g/mol. The van der Waals surface area contributed by atoms with Gasteiger partial charge in [-0.3, -0.25) is 0 Å². The van der Waals surface area contributed by atoms with Crippen molar-refractivity contribution >= 4 is 15.9 Å². The molecule has 1 fully saturated rings. The molecule has 2 atom stereocenters. The molecular formula is C16H32N2O3S. The van der Waals surface area contributed by atoms with Crippen molar-refractivity contribution in [2.75, 3.05) is 25.1 Å². The topological polar surface area (TPSA) is 66.5 Å². The molecule has 5 nitrogen and oxygen atoms in total. The predicted octanol–water partition coefficient (Wildman–Crippen LogP) is 2.67. The minimum Gasteiger partial charge on any atom is -0.337 e. The van der Waals surface area contributed by atoms with Gasteiger partial charge in [0.2, 0.25) is 0 Å². The van der Waals surface area contributed by atoms with E-state index in [4.69, 9.17) is 0 Å². The summed E-state index contributed by atoms with van der Waals surface area (Å²) in [5.74, 6) is 0.696. The summed E-state index contributed by atoms with van der Waals surface area (Å²) in [6.07, 6.45) is 5.20. The highest BCUT2D eigenvalue weighted by atomic mass is 32.2. The molecule has 0 saturated carbocycles. The molecule has 0 aromatic rings. The predicted molar refractivity (Wildman–Crippen MR) is 90.7 cm³/mol. The highest BCUT2D eigenvalue weighted by molar-refractivity contribution is 7.90. The Morgan fingerprint density at radius 2 is 1.91 bits per heavy atom. The van der Waals surface area contributed by atoms with Gasteiger partial charge in [0.1, 0.15) is 9.84 Å². The van der Waals surface area contributed by atoms with E-state index in [1.165, 1.54) is 19.1 Å². The van der Waals surface area contributed by atoms with Crippen molar-refractivity contribution in [3.8, 4) is 0 Å². The Bertz CT molecular complexity index is 474. The van der Waals surface area contributed by atoms with E-state index in [1.807, 2.05) is 18.7 Å². The van der Waals surface area contributed by atoms with Gasteiger partial charge in [0.05, 0.1) is 5.75 Å². The Balaban J connectivity index is 2.52. The van der Waals surface area contributed by atoms with E-state index in [9.17, 15) is 13.2 Å². The largest absolute Gasteiger partial charge is 0.337 e. The van der Waals surface area contributed by atoms with Gasteiger partial charge in [0, 0.05) is 25.4 Å². The maximum atomic E-state index is 12.5. The number of hydrogen-bond acceptors (Lipinski definition) is 3. The first-order chi connectivity index (χ1) is 10.0. The van der Waals surface area contributed by atoms with Crippen LogP contribution in [0.25, 0.3) is 0 Å². The molecule has 0 aromatic heterocycles. The van der Waals surface area contributed by atoms with Crippen molar-refractivity contribution in [1.29, 1.82) is 0 Å². The first-order valence-electron chi connectivity index (χ1n) is 8.22. The van der Waals surface area contributed by atoms with Crippen LogP contribution in [0, 0.1) is 11.3 Å². The maximum absolute atomic E-state index is 12.5. The van der Waals surface area contributed by atoms with Crippen molar-refractivity contribution in [2.24, 2.45) is 11.3 Å². The lowest BCUT2D eigenvalue weighted by molar-refractivity contribution is 0.168. The van der Waals surface area contributed by atoms with E-state index in [0.29, 0.717) is 18.9 Å². The fraction of sp³-hybridized carbons (Fsp3) is 0.938. The molecule has 1 rings (SSSR count). The van der Waals surface area contributed by atoms with E-state index >= 15 is 0 Å². The number of nitrogens with one attached hydrogen (secondary N) is 1. The minimum atomic E-state index is -2.96. The molecular weight excluding hydrogens is 300 g/mol. The number of amides is 2. The lowest BCUT2D eigenvalue weighted by Gasteiger charge is -2.31. The summed E-state index contributed by atoms with van der Waals surface area (Å²) in [6.45, 7) is 9.58.